The Balaban J connectivity index is 2.24. The molecule has 1 amide bonds. The van der Waals surface area contributed by atoms with Gasteiger partial charge in [-0.1, -0.05) is 0 Å². The highest BCUT2D eigenvalue weighted by molar-refractivity contribution is 6.04. The lowest BCUT2D eigenvalue weighted by Gasteiger charge is -2.10. The fourth-order valence-electron chi connectivity index (χ4n) is 1.88. The first-order chi connectivity index (χ1) is 10.0. The van der Waals surface area contributed by atoms with Gasteiger partial charge in [0.2, 0.25) is 0 Å². The third-order valence-electron chi connectivity index (χ3n) is 3.07. The predicted octanol–water partition coefficient (Wildman–Crippen LogP) is 2.97. The highest BCUT2D eigenvalue weighted by Crippen LogP contribution is 2.26. The molecule has 21 heavy (non-hydrogen) atoms. The molecule has 2 rings (SSSR count). The van der Waals surface area contributed by atoms with Gasteiger partial charge in [-0.15, -0.1) is 0 Å². The van der Waals surface area contributed by atoms with Crippen molar-refractivity contribution in [2.75, 3.05) is 19.5 Å². The maximum absolute atomic E-state index is 12.2. The molecule has 0 radical (unpaired) electrons. The molecular weight excluding hydrogens is 270 g/mol. The summed E-state index contributed by atoms with van der Waals surface area (Å²) >= 11 is 0. The summed E-state index contributed by atoms with van der Waals surface area (Å²) < 4.78 is 10.3. The van der Waals surface area contributed by atoms with Crippen molar-refractivity contribution < 1.29 is 19.4 Å². The third-order valence-corrected chi connectivity index (χ3v) is 3.07. The topological polar surface area (TPSA) is 67.8 Å². The zero-order valence-corrected chi connectivity index (χ0v) is 12.1. The van der Waals surface area contributed by atoms with Crippen LogP contribution in [0.1, 0.15) is 15.9 Å². The lowest BCUT2D eigenvalue weighted by atomic mass is 10.1. The van der Waals surface area contributed by atoms with Crippen molar-refractivity contribution in [1.82, 2.24) is 0 Å². The predicted molar refractivity (Wildman–Crippen MR) is 80.3 cm³/mol. The number of aromatic hydroxyl groups is 1. The number of phenolic OH excluding ortho intramolecular Hbond substituents is 1. The van der Waals surface area contributed by atoms with Crippen molar-refractivity contribution in [3.63, 3.8) is 0 Å². The number of hydrogen-bond acceptors (Lipinski definition) is 4. The molecule has 0 heterocycles. The number of phenols is 1. The molecule has 0 aliphatic rings. The van der Waals surface area contributed by atoms with Crippen LogP contribution in [0.4, 0.5) is 5.69 Å². The standard InChI is InChI=1S/C16H17NO4/c1-10-6-11(4-5-15(10)18)16(19)17-12-7-13(20-2)9-14(8-12)21-3/h4-9,18H,1-3H3,(H,17,19). The Labute approximate surface area is 123 Å². The quantitative estimate of drug-likeness (QED) is 0.907. The van der Waals surface area contributed by atoms with E-state index in [2.05, 4.69) is 5.32 Å². The van der Waals surface area contributed by atoms with E-state index in [1.54, 1.807) is 51.5 Å². The van der Waals surface area contributed by atoms with Gasteiger partial charge < -0.3 is 19.9 Å². The Morgan fingerprint density at radius 2 is 1.67 bits per heavy atom. The lowest BCUT2D eigenvalue weighted by molar-refractivity contribution is 0.102. The van der Waals surface area contributed by atoms with Gasteiger partial charge in [-0.25, -0.2) is 0 Å². The normalized spacial score (nSPS) is 10.0. The minimum absolute atomic E-state index is 0.162. The molecule has 0 aromatic heterocycles. The fraction of sp³-hybridized carbons (Fsp3) is 0.188. The number of hydrogen-bond donors (Lipinski definition) is 2. The molecule has 0 atom stereocenters. The first-order valence-corrected chi connectivity index (χ1v) is 6.37. The SMILES string of the molecule is COc1cc(NC(=O)c2ccc(O)c(C)c2)cc(OC)c1. The monoisotopic (exact) mass is 287 g/mol. The summed E-state index contributed by atoms with van der Waals surface area (Å²) in [6, 6.07) is 9.81. The molecular formula is C16H17NO4. The van der Waals surface area contributed by atoms with Crippen LogP contribution in [0.15, 0.2) is 36.4 Å². The van der Waals surface area contributed by atoms with Crippen LogP contribution < -0.4 is 14.8 Å². The average molecular weight is 287 g/mol. The largest absolute Gasteiger partial charge is 0.508 e. The number of anilines is 1. The van der Waals surface area contributed by atoms with Crippen molar-refractivity contribution in [2.45, 2.75) is 6.92 Å². The summed E-state index contributed by atoms with van der Waals surface area (Å²) in [4.78, 5) is 12.2. The van der Waals surface area contributed by atoms with E-state index in [0.717, 1.165) is 0 Å². The Morgan fingerprint density at radius 1 is 1.05 bits per heavy atom. The van der Waals surface area contributed by atoms with Gasteiger partial charge in [0, 0.05) is 29.4 Å². The minimum Gasteiger partial charge on any atom is -0.508 e. The van der Waals surface area contributed by atoms with Gasteiger partial charge in [-0.3, -0.25) is 4.79 Å². The van der Waals surface area contributed by atoms with Gasteiger partial charge in [0.15, 0.2) is 0 Å². The van der Waals surface area contributed by atoms with E-state index in [0.29, 0.717) is 28.3 Å². The van der Waals surface area contributed by atoms with Crippen LogP contribution in [-0.4, -0.2) is 25.2 Å². The van der Waals surface area contributed by atoms with Crippen LogP contribution in [0.5, 0.6) is 17.2 Å². The van der Waals surface area contributed by atoms with Gasteiger partial charge in [-0.05, 0) is 30.7 Å². The number of carbonyl (C=O) groups excluding carboxylic acids is 1. The van der Waals surface area contributed by atoms with Gasteiger partial charge in [0.1, 0.15) is 17.2 Å². The summed E-state index contributed by atoms with van der Waals surface area (Å²) in [6.07, 6.45) is 0. The van der Waals surface area contributed by atoms with Crippen molar-refractivity contribution in [1.29, 1.82) is 0 Å². The summed E-state index contributed by atoms with van der Waals surface area (Å²) in [7, 11) is 3.09. The average Bonchev–Trinajstić information content (AvgIpc) is 2.49. The van der Waals surface area contributed by atoms with E-state index < -0.39 is 0 Å². The van der Waals surface area contributed by atoms with Crippen LogP contribution in [0.3, 0.4) is 0 Å². The highest BCUT2D eigenvalue weighted by atomic mass is 16.5. The Bertz CT molecular complexity index is 645. The summed E-state index contributed by atoms with van der Waals surface area (Å²) in [5.74, 6) is 1.07. The number of amides is 1. The van der Waals surface area contributed by atoms with Gasteiger partial charge >= 0.3 is 0 Å². The molecule has 5 nitrogen and oxygen atoms in total. The van der Waals surface area contributed by atoms with Gasteiger partial charge in [0.05, 0.1) is 14.2 Å². The molecule has 2 aromatic carbocycles. The molecule has 110 valence electrons. The summed E-state index contributed by atoms with van der Waals surface area (Å²) in [5, 5.41) is 12.3. The van der Waals surface area contributed by atoms with Crippen molar-refractivity contribution in [3.8, 4) is 17.2 Å². The highest BCUT2D eigenvalue weighted by Gasteiger charge is 2.09. The second-order valence-electron chi connectivity index (χ2n) is 4.56. The molecule has 0 aliphatic heterocycles. The number of methoxy groups -OCH3 is 2. The van der Waals surface area contributed by atoms with E-state index in [1.807, 2.05) is 0 Å². The van der Waals surface area contributed by atoms with Crippen LogP contribution in [0.25, 0.3) is 0 Å². The summed E-state index contributed by atoms with van der Waals surface area (Å²) in [5.41, 5.74) is 1.68. The lowest BCUT2D eigenvalue weighted by Crippen LogP contribution is -2.12. The van der Waals surface area contributed by atoms with Crippen LogP contribution >= 0.6 is 0 Å². The molecule has 0 unspecified atom stereocenters. The number of rotatable bonds is 4. The maximum Gasteiger partial charge on any atom is 0.255 e. The molecule has 2 aromatic rings. The summed E-state index contributed by atoms with van der Waals surface area (Å²) in [6.45, 7) is 1.74. The zero-order valence-electron chi connectivity index (χ0n) is 12.1. The van der Waals surface area contributed by atoms with E-state index in [9.17, 15) is 9.90 Å². The fourth-order valence-corrected chi connectivity index (χ4v) is 1.88. The van der Waals surface area contributed by atoms with E-state index >= 15 is 0 Å². The van der Waals surface area contributed by atoms with Gasteiger partial charge in [0.25, 0.3) is 5.91 Å². The molecule has 0 fully saturated rings. The Hall–Kier alpha value is -2.69. The smallest absolute Gasteiger partial charge is 0.255 e. The zero-order chi connectivity index (χ0) is 15.4. The number of carbonyl (C=O) groups is 1. The van der Waals surface area contributed by atoms with Crippen LogP contribution in [0.2, 0.25) is 0 Å². The van der Waals surface area contributed by atoms with Crippen molar-refractivity contribution in [2.24, 2.45) is 0 Å². The Morgan fingerprint density at radius 3 is 2.19 bits per heavy atom. The second kappa shape index (κ2) is 6.17. The number of nitrogens with one attached hydrogen (secondary N) is 1. The maximum atomic E-state index is 12.2. The van der Waals surface area contributed by atoms with Crippen molar-refractivity contribution >= 4 is 11.6 Å². The minimum atomic E-state index is -0.270. The molecule has 0 saturated carbocycles. The number of ether oxygens (including phenoxy) is 2. The molecule has 0 bridgehead atoms. The second-order valence-corrected chi connectivity index (χ2v) is 4.56. The van der Waals surface area contributed by atoms with E-state index in [-0.39, 0.29) is 11.7 Å². The van der Waals surface area contributed by atoms with E-state index in [4.69, 9.17) is 9.47 Å². The van der Waals surface area contributed by atoms with Crippen LogP contribution in [0, 0.1) is 6.92 Å². The van der Waals surface area contributed by atoms with Gasteiger partial charge in [-0.2, -0.15) is 0 Å². The third kappa shape index (κ3) is 3.45. The first-order valence-electron chi connectivity index (χ1n) is 6.37. The molecule has 0 saturated heterocycles. The molecule has 0 aliphatic carbocycles. The van der Waals surface area contributed by atoms with Crippen LogP contribution in [-0.2, 0) is 0 Å². The molecule has 5 heteroatoms. The van der Waals surface area contributed by atoms with Crippen molar-refractivity contribution in [3.05, 3.63) is 47.5 Å². The number of aryl methyl sites for hydroxylation is 1. The Kier molecular flexibility index (Phi) is 4.33. The molecule has 2 N–H and O–H groups in total. The molecule has 0 spiro atoms. The first kappa shape index (κ1) is 14.7. The van der Waals surface area contributed by atoms with E-state index in [1.165, 1.54) is 6.07 Å². The number of benzene rings is 2.